The van der Waals surface area contributed by atoms with Crippen LogP contribution in [0, 0.1) is 12.7 Å². The maximum Gasteiger partial charge on any atom is 0.123 e. The summed E-state index contributed by atoms with van der Waals surface area (Å²) in [6.45, 7) is 1.99. The Labute approximate surface area is 100 Å². The van der Waals surface area contributed by atoms with Crippen LogP contribution in [0.3, 0.4) is 0 Å². The molecule has 0 bridgehead atoms. The standard InChI is InChI=1S/C14H16FNO/c1-10-3-4-12(15)8-13(10)14(16-2)7-11-5-6-17-9-11/h3-6,8-9,14,16H,7H2,1-2H3. The Bertz CT molecular complexity index is 479. The first-order valence-corrected chi connectivity index (χ1v) is 5.65. The van der Waals surface area contributed by atoms with Crippen molar-refractivity contribution in [1.29, 1.82) is 0 Å². The topological polar surface area (TPSA) is 25.2 Å². The molecular formula is C14H16FNO. The SMILES string of the molecule is CNC(Cc1ccoc1)c1cc(F)ccc1C. The number of hydrogen-bond acceptors (Lipinski definition) is 2. The second-order valence-electron chi connectivity index (χ2n) is 4.18. The molecule has 2 rings (SSSR count). The van der Waals surface area contributed by atoms with Crippen molar-refractivity contribution in [3.8, 4) is 0 Å². The van der Waals surface area contributed by atoms with E-state index >= 15 is 0 Å². The van der Waals surface area contributed by atoms with Crippen molar-refractivity contribution >= 4 is 0 Å². The van der Waals surface area contributed by atoms with Crippen LogP contribution in [0.1, 0.15) is 22.7 Å². The molecule has 0 saturated carbocycles. The molecule has 0 aliphatic rings. The van der Waals surface area contributed by atoms with E-state index in [0.717, 1.165) is 23.1 Å². The van der Waals surface area contributed by atoms with Gasteiger partial charge in [-0.25, -0.2) is 4.39 Å². The Hall–Kier alpha value is -1.61. The molecule has 3 heteroatoms. The smallest absolute Gasteiger partial charge is 0.123 e. The van der Waals surface area contributed by atoms with Gasteiger partial charge >= 0.3 is 0 Å². The van der Waals surface area contributed by atoms with Crippen LogP contribution in [0.5, 0.6) is 0 Å². The van der Waals surface area contributed by atoms with Crippen LogP contribution in [0.15, 0.2) is 41.2 Å². The minimum atomic E-state index is -0.196. The van der Waals surface area contributed by atoms with Crippen LogP contribution >= 0.6 is 0 Å². The summed E-state index contributed by atoms with van der Waals surface area (Å²) < 4.78 is 18.3. The molecule has 0 amide bonds. The van der Waals surface area contributed by atoms with Gasteiger partial charge in [0.2, 0.25) is 0 Å². The molecule has 0 radical (unpaired) electrons. The lowest BCUT2D eigenvalue weighted by Crippen LogP contribution is -2.19. The van der Waals surface area contributed by atoms with E-state index < -0.39 is 0 Å². The molecule has 0 aliphatic heterocycles. The number of nitrogens with one attached hydrogen (secondary N) is 1. The highest BCUT2D eigenvalue weighted by molar-refractivity contribution is 5.30. The van der Waals surface area contributed by atoms with Gasteiger partial charge in [-0.15, -0.1) is 0 Å². The Balaban J connectivity index is 2.25. The predicted octanol–water partition coefficient (Wildman–Crippen LogP) is 3.23. The van der Waals surface area contributed by atoms with Crippen molar-refractivity contribution in [2.75, 3.05) is 7.05 Å². The quantitative estimate of drug-likeness (QED) is 0.877. The Kier molecular flexibility index (Phi) is 3.59. The molecule has 2 nitrogen and oxygen atoms in total. The van der Waals surface area contributed by atoms with Crippen LogP contribution in [0.25, 0.3) is 0 Å². The van der Waals surface area contributed by atoms with E-state index in [1.807, 2.05) is 26.1 Å². The van der Waals surface area contributed by atoms with Gasteiger partial charge in [0.15, 0.2) is 0 Å². The van der Waals surface area contributed by atoms with Gasteiger partial charge in [0.1, 0.15) is 5.82 Å². The maximum atomic E-state index is 13.3. The Morgan fingerprint density at radius 3 is 2.82 bits per heavy atom. The fourth-order valence-corrected chi connectivity index (χ4v) is 2.00. The highest BCUT2D eigenvalue weighted by Crippen LogP contribution is 2.22. The Morgan fingerprint density at radius 1 is 1.35 bits per heavy atom. The zero-order chi connectivity index (χ0) is 12.3. The number of benzene rings is 1. The lowest BCUT2D eigenvalue weighted by atomic mass is 9.96. The summed E-state index contributed by atoms with van der Waals surface area (Å²) in [6.07, 6.45) is 4.16. The molecule has 1 atom stereocenters. The van der Waals surface area contributed by atoms with Gasteiger partial charge in [-0.3, -0.25) is 0 Å². The molecule has 17 heavy (non-hydrogen) atoms. The number of furan rings is 1. The van der Waals surface area contributed by atoms with Crippen LogP contribution in [-0.2, 0) is 6.42 Å². The normalized spacial score (nSPS) is 12.6. The van der Waals surface area contributed by atoms with Crippen molar-refractivity contribution in [1.82, 2.24) is 5.32 Å². The molecule has 1 N–H and O–H groups in total. The first-order valence-electron chi connectivity index (χ1n) is 5.65. The van der Waals surface area contributed by atoms with Crippen molar-refractivity contribution in [2.45, 2.75) is 19.4 Å². The van der Waals surface area contributed by atoms with Crippen molar-refractivity contribution in [3.05, 3.63) is 59.3 Å². The first kappa shape index (κ1) is 11.9. The number of rotatable bonds is 4. The van der Waals surface area contributed by atoms with Gasteiger partial charge in [-0.1, -0.05) is 6.07 Å². The van der Waals surface area contributed by atoms with E-state index in [1.165, 1.54) is 6.07 Å². The molecule has 1 heterocycles. The molecule has 1 aromatic heterocycles. The van der Waals surface area contributed by atoms with Crippen LogP contribution in [0.2, 0.25) is 0 Å². The minimum Gasteiger partial charge on any atom is -0.472 e. The monoisotopic (exact) mass is 233 g/mol. The summed E-state index contributed by atoms with van der Waals surface area (Å²) in [5.74, 6) is -0.196. The molecule has 0 spiro atoms. The lowest BCUT2D eigenvalue weighted by Gasteiger charge is -2.18. The van der Waals surface area contributed by atoms with Gasteiger partial charge in [-0.05, 0) is 55.3 Å². The van der Waals surface area contributed by atoms with E-state index in [4.69, 9.17) is 4.42 Å². The van der Waals surface area contributed by atoms with Gasteiger partial charge in [0.05, 0.1) is 12.5 Å². The van der Waals surface area contributed by atoms with Gasteiger partial charge in [0.25, 0.3) is 0 Å². The third-order valence-electron chi connectivity index (χ3n) is 2.99. The predicted molar refractivity (Wildman–Crippen MR) is 65.3 cm³/mol. The maximum absolute atomic E-state index is 13.3. The van der Waals surface area contributed by atoms with Crippen molar-refractivity contribution in [3.63, 3.8) is 0 Å². The molecule has 90 valence electrons. The highest BCUT2D eigenvalue weighted by Gasteiger charge is 2.13. The summed E-state index contributed by atoms with van der Waals surface area (Å²) in [5, 5.41) is 3.22. The van der Waals surface area contributed by atoms with E-state index in [-0.39, 0.29) is 11.9 Å². The zero-order valence-electron chi connectivity index (χ0n) is 10.0. The van der Waals surface area contributed by atoms with Crippen LogP contribution < -0.4 is 5.32 Å². The largest absolute Gasteiger partial charge is 0.472 e. The summed E-state index contributed by atoms with van der Waals surface area (Å²) in [5.41, 5.74) is 3.19. The van der Waals surface area contributed by atoms with E-state index in [9.17, 15) is 4.39 Å². The molecule has 0 saturated heterocycles. The minimum absolute atomic E-state index is 0.100. The number of aryl methyl sites for hydroxylation is 1. The average molecular weight is 233 g/mol. The fraction of sp³-hybridized carbons (Fsp3) is 0.286. The molecule has 0 aliphatic carbocycles. The van der Waals surface area contributed by atoms with E-state index in [2.05, 4.69) is 5.32 Å². The van der Waals surface area contributed by atoms with Crippen LogP contribution in [-0.4, -0.2) is 7.05 Å². The zero-order valence-corrected chi connectivity index (χ0v) is 10.0. The molecule has 1 aromatic carbocycles. The third-order valence-corrected chi connectivity index (χ3v) is 2.99. The fourth-order valence-electron chi connectivity index (χ4n) is 2.00. The van der Waals surface area contributed by atoms with Gasteiger partial charge in [0, 0.05) is 6.04 Å². The van der Waals surface area contributed by atoms with E-state index in [0.29, 0.717) is 0 Å². The molecule has 1 unspecified atom stereocenters. The highest BCUT2D eigenvalue weighted by atomic mass is 19.1. The van der Waals surface area contributed by atoms with Gasteiger partial charge < -0.3 is 9.73 Å². The molecule has 2 aromatic rings. The van der Waals surface area contributed by atoms with Crippen LogP contribution in [0.4, 0.5) is 4.39 Å². The summed E-state index contributed by atoms with van der Waals surface area (Å²) in [4.78, 5) is 0. The lowest BCUT2D eigenvalue weighted by molar-refractivity contribution is 0.548. The van der Waals surface area contributed by atoms with Crippen molar-refractivity contribution in [2.24, 2.45) is 0 Å². The molecule has 0 fully saturated rings. The summed E-state index contributed by atoms with van der Waals surface area (Å²) in [7, 11) is 1.88. The van der Waals surface area contributed by atoms with E-state index in [1.54, 1.807) is 18.6 Å². The Morgan fingerprint density at radius 2 is 2.18 bits per heavy atom. The molecular weight excluding hydrogens is 217 g/mol. The summed E-state index contributed by atoms with van der Waals surface area (Å²) >= 11 is 0. The average Bonchev–Trinajstić information content (AvgIpc) is 2.82. The second-order valence-corrected chi connectivity index (χ2v) is 4.18. The third kappa shape index (κ3) is 2.74. The van der Waals surface area contributed by atoms with Gasteiger partial charge in [-0.2, -0.15) is 0 Å². The number of halogens is 1. The van der Waals surface area contributed by atoms with Crippen molar-refractivity contribution < 1.29 is 8.81 Å². The first-order chi connectivity index (χ1) is 8.20. The summed E-state index contributed by atoms with van der Waals surface area (Å²) in [6, 6.07) is 6.92. The number of hydrogen-bond donors (Lipinski definition) is 1. The second kappa shape index (κ2) is 5.15. The number of likely N-dealkylation sites (N-methyl/N-ethyl adjacent to an activating group) is 1.